The van der Waals surface area contributed by atoms with Gasteiger partial charge in [0.1, 0.15) is 5.82 Å². The Morgan fingerprint density at radius 1 is 1.31 bits per heavy atom. The number of carbonyl (C=O) groups excluding carboxylic acids is 1. The Balaban J connectivity index is 1.75. The molecular formula is C22H27FN4O2. The minimum absolute atomic E-state index is 0.124. The molecule has 0 unspecified atom stereocenters. The van der Waals surface area contributed by atoms with Crippen molar-refractivity contribution in [3.8, 4) is 17.1 Å². The zero-order valence-electron chi connectivity index (χ0n) is 16.9. The number of rotatable bonds is 10. The van der Waals surface area contributed by atoms with Crippen LogP contribution >= 0.6 is 0 Å². The van der Waals surface area contributed by atoms with E-state index >= 15 is 0 Å². The minimum atomic E-state index is -0.581. The van der Waals surface area contributed by atoms with E-state index in [9.17, 15) is 9.18 Å². The summed E-state index contributed by atoms with van der Waals surface area (Å²) in [4.78, 5) is 21.7. The predicted octanol–water partition coefficient (Wildman–Crippen LogP) is 4.17. The molecule has 1 aliphatic rings. The Hall–Kier alpha value is -2.96. The molecule has 0 atom stereocenters. The van der Waals surface area contributed by atoms with Crippen LogP contribution in [0, 0.1) is 11.7 Å². The van der Waals surface area contributed by atoms with E-state index in [0.29, 0.717) is 17.6 Å². The van der Waals surface area contributed by atoms with E-state index in [4.69, 9.17) is 10.5 Å². The summed E-state index contributed by atoms with van der Waals surface area (Å²) in [6.07, 6.45) is 12.2. The molecule has 1 aliphatic carbocycles. The Morgan fingerprint density at radius 3 is 2.76 bits per heavy atom. The van der Waals surface area contributed by atoms with Crippen LogP contribution in [0.5, 0.6) is 5.75 Å². The van der Waals surface area contributed by atoms with Crippen LogP contribution in [0.25, 0.3) is 17.5 Å². The summed E-state index contributed by atoms with van der Waals surface area (Å²) < 4.78 is 19.6. The lowest BCUT2D eigenvalue weighted by Crippen LogP contribution is -2.12. The molecule has 1 fully saturated rings. The number of aromatic nitrogens is 2. The number of nitrogen functional groups attached to an aromatic ring is 1. The second-order valence-corrected chi connectivity index (χ2v) is 7.46. The Kier molecular flexibility index (Phi) is 6.80. The molecule has 0 spiro atoms. The van der Waals surface area contributed by atoms with Crippen molar-refractivity contribution in [1.82, 2.24) is 14.9 Å². The monoisotopic (exact) mass is 398 g/mol. The maximum Gasteiger partial charge on any atom is 0.179 e. The van der Waals surface area contributed by atoms with Crippen molar-refractivity contribution in [2.24, 2.45) is 5.92 Å². The number of nitrogens with zero attached hydrogens (tertiary/aromatic N) is 3. The largest absolute Gasteiger partial charge is 0.491 e. The zero-order valence-corrected chi connectivity index (χ0v) is 16.9. The summed E-state index contributed by atoms with van der Waals surface area (Å²) in [6.45, 7) is 0.936. The molecule has 0 amide bonds. The van der Waals surface area contributed by atoms with Gasteiger partial charge in [-0.15, -0.1) is 0 Å². The number of hydrogen-bond donors (Lipinski definition) is 1. The number of carbonyl (C=O) groups is 1. The fraction of sp³-hybridized carbons (Fsp3) is 0.409. The number of anilines is 1. The quantitative estimate of drug-likeness (QED) is 0.478. The van der Waals surface area contributed by atoms with Crippen LogP contribution in [0.15, 0.2) is 24.5 Å². The van der Waals surface area contributed by atoms with Gasteiger partial charge in [0.25, 0.3) is 0 Å². The minimum Gasteiger partial charge on any atom is -0.491 e. The molecule has 0 bridgehead atoms. The zero-order chi connectivity index (χ0) is 20.8. The standard InChI is InChI=1S/C22H27FN4O2/c1-27(9-4-3-5-15-6-7-15)10-8-16-11-18(19(23)12-17(16)14-28)22-25-13-20(29-2)21(24)26-22/h8,10-15H,3-7,9H2,1-2H3,(H2,24,25,26)/b10-8-. The fourth-order valence-corrected chi connectivity index (χ4v) is 3.18. The third-order valence-electron chi connectivity index (χ3n) is 5.12. The Bertz CT molecular complexity index is 897. The Morgan fingerprint density at radius 2 is 2.10 bits per heavy atom. The first-order chi connectivity index (χ1) is 14.0. The summed E-state index contributed by atoms with van der Waals surface area (Å²) in [5.74, 6) is 0.961. The van der Waals surface area contributed by atoms with Crippen molar-refractivity contribution in [1.29, 1.82) is 0 Å². The van der Waals surface area contributed by atoms with Gasteiger partial charge in [-0.25, -0.2) is 14.4 Å². The maximum absolute atomic E-state index is 14.5. The number of hydrogen-bond acceptors (Lipinski definition) is 6. The molecule has 3 rings (SSSR count). The highest BCUT2D eigenvalue weighted by molar-refractivity contribution is 5.84. The smallest absolute Gasteiger partial charge is 0.179 e. The highest BCUT2D eigenvalue weighted by Gasteiger charge is 2.20. The van der Waals surface area contributed by atoms with Crippen LogP contribution in [-0.4, -0.2) is 41.9 Å². The maximum atomic E-state index is 14.5. The van der Waals surface area contributed by atoms with Gasteiger partial charge in [0, 0.05) is 19.2 Å². The van der Waals surface area contributed by atoms with Gasteiger partial charge in [0.15, 0.2) is 23.7 Å². The highest BCUT2D eigenvalue weighted by atomic mass is 19.1. The SMILES string of the molecule is COc1cnc(-c2cc(/C=C\N(C)CCCCC3CC3)c(C=O)cc2F)nc1N. The van der Waals surface area contributed by atoms with Crippen molar-refractivity contribution in [2.75, 3.05) is 26.4 Å². The molecule has 2 N–H and O–H groups in total. The molecule has 1 aromatic carbocycles. The van der Waals surface area contributed by atoms with Gasteiger partial charge in [-0.05, 0) is 42.3 Å². The number of ether oxygens (including phenoxy) is 1. The van der Waals surface area contributed by atoms with Crippen molar-refractivity contribution in [3.63, 3.8) is 0 Å². The average molecular weight is 398 g/mol. The second kappa shape index (κ2) is 9.49. The summed E-state index contributed by atoms with van der Waals surface area (Å²) in [6, 6.07) is 2.76. The summed E-state index contributed by atoms with van der Waals surface area (Å²) in [5, 5.41) is 0. The first-order valence-electron chi connectivity index (χ1n) is 9.86. The molecule has 6 nitrogen and oxygen atoms in total. The molecule has 7 heteroatoms. The number of methoxy groups -OCH3 is 1. The first-order valence-corrected chi connectivity index (χ1v) is 9.86. The van der Waals surface area contributed by atoms with Crippen molar-refractivity contribution < 1.29 is 13.9 Å². The Labute approximate surface area is 170 Å². The van der Waals surface area contributed by atoms with Crippen LogP contribution < -0.4 is 10.5 Å². The predicted molar refractivity (Wildman–Crippen MR) is 112 cm³/mol. The van der Waals surface area contributed by atoms with Crippen LogP contribution in [0.4, 0.5) is 10.2 Å². The summed E-state index contributed by atoms with van der Waals surface area (Å²) >= 11 is 0. The van der Waals surface area contributed by atoms with Gasteiger partial charge in [0.05, 0.1) is 18.9 Å². The van der Waals surface area contributed by atoms with Gasteiger partial charge in [0.2, 0.25) is 0 Å². The lowest BCUT2D eigenvalue weighted by atomic mass is 10.0. The van der Waals surface area contributed by atoms with Crippen LogP contribution in [0.1, 0.15) is 48.0 Å². The highest BCUT2D eigenvalue weighted by Crippen LogP contribution is 2.33. The summed E-state index contributed by atoms with van der Waals surface area (Å²) in [5.41, 5.74) is 6.86. The molecule has 1 saturated carbocycles. The fourth-order valence-electron chi connectivity index (χ4n) is 3.18. The molecule has 0 aliphatic heterocycles. The molecular weight excluding hydrogens is 371 g/mol. The van der Waals surface area contributed by atoms with Gasteiger partial charge >= 0.3 is 0 Å². The van der Waals surface area contributed by atoms with Gasteiger partial charge < -0.3 is 15.4 Å². The van der Waals surface area contributed by atoms with E-state index in [1.54, 1.807) is 12.1 Å². The molecule has 1 aromatic heterocycles. The van der Waals surface area contributed by atoms with Crippen LogP contribution in [-0.2, 0) is 0 Å². The number of halogens is 1. The third-order valence-corrected chi connectivity index (χ3v) is 5.12. The molecule has 0 radical (unpaired) electrons. The van der Waals surface area contributed by atoms with E-state index in [1.807, 2.05) is 13.2 Å². The molecule has 1 heterocycles. The number of aldehydes is 1. The van der Waals surface area contributed by atoms with Gasteiger partial charge in [-0.3, -0.25) is 4.79 Å². The second-order valence-electron chi connectivity index (χ2n) is 7.46. The first kappa shape index (κ1) is 20.8. The van der Waals surface area contributed by atoms with Crippen molar-refractivity contribution >= 4 is 18.2 Å². The van der Waals surface area contributed by atoms with Crippen LogP contribution in [0.2, 0.25) is 0 Å². The van der Waals surface area contributed by atoms with Crippen molar-refractivity contribution in [3.05, 3.63) is 41.5 Å². The number of unbranched alkanes of at least 4 members (excludes halogenated alkanes) is 1. The molecule has 0 saturated heterocycles. The third kappa shape index (κ3) is 5.53. The molecule has 29 heavy (non-hydrogen) atoms. The van der Waals surface area contributed by atoms with E-state index in [1.165, 1.54) is 45.1 Å². The lowest BCUT2D eigenvalue weighted by Gasteiger charge is -2.14. The number of benzene rings is 1. The van der Waals surface area contributed by atoms with E-state index < -0.39 is 5.82 Å². The number of nitrogens with two attached hydrogens (primary N) is 1. The normalized spacial score (nSPS) is 13.6. The topological polar surface area (TPSA) is 81.3 Å². The van der Waals surface area contributed by atoms with Gasteiger partial charge in [-0.2, -0.15) is 0 Å². The van der Waals surface area contributed by atoms with E-state index in [2.05, 4.69) is 14.9 Å². The lowest BCUT2D eigenvalue weighted by molar-refractivity contribution is 0.112. The van der Waals surface area contributed by atoms with Crippen LogP contribution in [0.3, 0.4) is 0 Å². The molecule has 2 aromatic rings. The van der Waals surface area contributed by atoms with Crippen molar-refractivity contribution in [2.45, 2.75) is 32.1 Å². The summed E-state index contributed by atoms with van der Waals surface area (Å²) in [7, 11) is 3.45. The van der Waals surface area contributed by atoms with E-state index in [-0.39, 0.29) is 22.8 Å². The molecule has 154 valence electrons. The van der Waals surface area contributed by atoms with Gasteiger partial charge in [-0.1, -0.05) is 25.7 Å². The average Bonchev–Trinajstić information content (AvgIpc) is 3.54. The van der Waals surface area contributed by atoms with E-state index in [0.717, 1.165) is 18.9 Å².